The molecular weight excluding hydrogens is 382 g/mol. The third-order valence-corrected chi connectivity index (χ3v) is 10.8. The molecule has 0 bridgehead atoms. The first-order valence-electron chi connectivity index (χ1n) is 9.42. The summed E-state index contributed by atoms with van der Waals surface area (Å²) in [6.45, 7) is 11.3. The monoisotopic (exact) mass is 407 g/mol. The van der Waals surface area contributed by atoms with Gasteiger partial charge in [-0.2, -0.15) is 5.10 Å². The number of rotatable bonds is 4. The van der Waals surface area contributed by atoms with Gasteiger partial charge in [-0.15, -0.1) is 11.3 Å². The largest absolute Gasteiger partial charge is 0.543 e. The molecule has 0 saturated heterocycles. The molecule has 28 heavy (non-hydrogen) atoms. The van der Waals surface area contributed by atoms with Crippen LogP contribution >= 0.6 is 11.3 Å². The molecule has 0 aliphatic heterocycles. The Hall–Kier alpha value is -2.44. The topological polar surface area (TPSA) is 50.8 Å². The van der Waals surface area contributed by atoms with Crippen LogP contribution in [0, 0.1) is 0 Å². The highest BCUT2D eigenvalue weighted by Gasteiger charge is 2.39. The van der Waals surface area contributed by atoms with E-state index >= 15 is 0 Å². The van der Waals surface area contributed by atoms with E-state index in [-0.39, 0.29) is 5.04 Å². The lowest BCUT2D eigenvalue weighted by Crippen LogP contribution is -2.43. The van der Waals surface area contributed by atoms with Gasteiger partial charge in [0, 0.05) is 5.39 Å². The molecule has 0 unspecified atom stereocenters. The zero-order valence-corrected chi connectivity index (χ0v) is 18.7. The molecule has 0 aliphatic carbocycles. The summed E-state index contributed by atoms with van der Waals surface area (Å²) in [6.07, 6.45) is 6.01. The van der Waals surface area contributed by atoms with E-state index in [9.17, 15) is 0 Å². The van der Waals surface area contributed by atoms with Crippen molar-refractivity contribution >= 4 is 52.9 Å². The van der Waals surface area contributed by atoms with Crippen molar-refractivity contribution in [1.82, 2.24) is 15.2 Å². The molecule has 2 aromatic heterocycles. The van der Waals surface area contributed by atoms with Gasteiger partial charge < -0.3 is 4.43 Å². The van der Waals surface area contributed by atoms with Crippen LogP contribution < -0.4 is 4.43 Å². The smallest absolute Gasteiger partial charge is 0.250 e. The molecule has 4 rings (SSSR count). The molecule has 2 aromatic carbocycles. The molecule has 2 heterocycles. The maximum absolute atomic E-state index is 6.44. The SMILES string of the molecule is CC(C)(C)[Si](C)(C)Oc1ccc2nc(/C=C/c3ccc4[nH]ncc4c3)sc2c1. The second-order valence-corrected chi connectivity index (χ2v) is 14.4. The Morgan fingerprint density at radius 3 is 2.68 bits per heavy atom. The van der Waals surface area contributed by atoms with E-state index in [2.05, 4.69) is 80.5 Å². The molecule has 0 atom stereocenters. The predicted octanol–water partition coefficient (Wildman–Crippen LogP) is 6.73. The highest BCUT2D eigenvalue weighted by atomic mass is 32.1. The van der Waals surface area contributed by atoms with E-state index in [4.69, 9.17) is 9.41 Å². The van der Waals surface area contributed by atoms with Crippen molar-refractivity contribution in [1.29, 1.82) is 0 Å². The first-order valence-corrected chi connectivity index (χ1v) is 13.1. The maximum atomic E-state index is 6.44. The zero-order chi connectivity index (χ0) is 19.9. The van der Waals surface area contributed by atoms with Gasteiger partial charge in [0.2, 0.25) is 8.32 Å². The van der Waals surface area contributed by atoms with Crippen molar-refractivity contribution in [3.63, 3.8) is 0 Å². The molecule has 144 valence electrons. The third-order valence-electron chi connectivity index (χ3n) is 5.44. The van der Waals surface area contributed by atoms with Crippen LogP contribution in [0.5, 0.6) is 5.75 Å². The predicted molar refractivity (Wildman–Crippen MR) is 122 cm³/mol. The summed E-state index contributed by atoms with van der Waals surface area (Å²) in [6, 6.07) is 12.5. The molecular formula is C22H25N3OSSi. The Balaban J connectivity index is 1.57. The average Bonchev–Trinajstić information content (AvgIpc) is 3.24. The quantitative estimate of drug-likeness (QED) is 0.382. The van der Waals surface area contributed by atoms with Crippen molar-refractivity contribution < 1.29 is 4.43 Å². The van der Waals surface area contributed by atoms with Crippen LogP contribution in [0.4, 0.5) is 0 Å². The van der Waals surface area contributed by atoms with Gasteiger partial charge in [0.25, 0.3) is 0 Å². The lowest BCUT2D eigenvalue weighted by Gasteiger charge is -2.36. The van der Waals surface area contributed by atoms with Gasteiger partial charge in [0.1, 0.15) is 10.8 Å². The Labute approximate surface area is 170 Å². The van der Waals surface area contributed by atoms with Gasteiger partial charge in [-0.05, 0) is 60.1 Å². The number of hydrogen-bond acceptors (Lipinski definition) is 4. The standard InChI is InChI=1S/C22H25N3OSSi/c1-22(2,3)28(4,5)26-17-8-10-19-20(13-17)27-21(24-19)11-7-15-6-9-18-16(12-15)14-23-25-18/h6-14H,1-5H3,(H,23,25)/b11-7+. The van der Waals surface area contributed by atoms with Crippen molar-refractivity contribution in [2.45, 2.75) is 38.9 Å². The van der Waals surface area contributed by atoms with Crippen molar-refractivity contribution in [3.8, 4) is 5.75 Å². The number of H-pyrrole nitrogens is 1. The second kappa shape index (κ2) is 6.86. The molecule has 0 aliphatic rings. The molecule has 4 nitrogen and oxygen atoms in total. The Morgan fingerprint density at radius 2 is 1.89 bits per heavy atom. The molecule has 1 N–H and O–H groups in total. The van der Waals surface area contributed by atoms with Crippen LogP contribution in [0.3, 0.4) is 0 Å². The summed E-state index contributed by atoms with van der Waals surface area (Å²) in [4.78, 5) is 4.74. The number of thiazole rings is 1. The first kappa shape index (κ1) is 18.9. The fraction of sp³-hybridized carbons (Fsp3) is 0.273. The van der Waals surface area contributed by atoms with Crippen LogP contribution in [0.25, 0.3) is 33.3 Å². The summed E-state index contributed by atoms with van der Waals surface area (Å²) < 4.78 is 7.59. The maximum Gasteiger partial charge on any atom is 0.250 e. The van der Waals surface area contributed by atoms with E-state index < -0.39 is 8.32 Å². The number of benzene rings is 2. The lowest BCUT2D eigenvalue weighted by molar-refractivity contribution is 0.493. The third kappa shape index (κ3) is 3.75. The van der Waals surface area contributed by atoms with Gasteiger partial charge in [0.15, 0.2) is 0 Å². The number of nitrogens with one attached hydrogen (secondary N) is 1. The minimum absolute atomic E-state index is 0.180. The number of fused-ring (bicyclic) bond motifs is 2. The molecule has 0 radical (unpaired) electrons. The van der Waals surface area contributed by atoms with E-state index in [1.165, 1.54) is 0 Å². The zero-order valence-electron chi connectivity index (χ0n) is 16.9. The van der Waals surface area contributed by atoms with Gasteiger partial charge in [-0.1, -0.05) is 32.9 Å². The summed E-state index contributed by atoms with van der Waals surface area (Å²) in [5, 5.41) is 9.33. The summed E-state index contributed by atoms with van der Waals surface area (Å²) in [5.41, 5.74) is 3.19. The highest BCUT2D eigenvalue weighted by molar-refractivity contribution is 7.19. The summed E-state index contributed by atoms with van der Waals surface area (Å²) in [5.74, 6) is 0.948. The Morgan fingerprint density at radius 1 is 1.07 bits per heavy atom. The minimum atomic E-state index is -1.84. The molecule has 0 spiro atoms. The van der Waals surface area contributed by atoms with E-state index in [0.29, 0.717) is 0 Å². The van der Waals surface area contributed by atoms with Gasteiger partial charge >= 0.3 is 0 Å². The fourth-order valence-electron chi connectivity index (χ4n) is 2.74. The van der Waals surface area contributed by atoms with Crippen LogP contribution in [0.1, 0.15) is 31.3 Å². The van der Waals surface area contributed by atoms with Crippen LogP contribution in [0.15, 0.2) is 42.6 Å². The van der Waals surface area contributed by atoms with Gasteiger partial charge in [-0.3, -0.25) is 5.10 Å². The Bertz CT molecular complexity index is 1170. The highest BCUT2D eigenvalue weighted by Crippen LogP contribution is 2.38. The van der Waals surface area contributed by atoms with Crippen LogP contribution in [-0.2, 0) is 0 Å². The summed E-state index contributed by atoms with van der Waals surface area (Å²) in [7, 11) is -1.84. The summed E-state index contributed by atoms with van der Waals surface area (Å²) >= 11 is 1.69. The van der Waals surface area contributed by atoms with Crippen molar-refractivity contribution in [2.24, 2.45) is 0 Å². The number of hydrogen-bond donors (Lipinski definition) is 1. The van der Waals surface area contributed by atoms with Crippen molar-refractivity contribution in [2.75, 3.05) is 0 Å². The molecule has 0 fully saturated rings. The number of aromatic amines is 1. The fourth-order valence-corrected chi connectivity index (χ4v) is 4.66. The average molecular weight is 408 g/mol. The van der Waals surface area contributed by atoms with Gasteiger partial charge in [0.05, 0.1) is 21.9 Å². The van der Waals surface area contributed by atoms with Crippen molar-refractivity contribution in [3.05, 3.63) is 53.2 Å². The first-order chi connectivity index (χ1) is 13.2. The number of aromatic nitrogens is 3. The molecule has 0 saturated carbocycles. The van der Waals surface area contributed by atoms with Gasteiger partial charge in [-0.25, -0.2) is 4.98 Å². The van der Waals surface area contributed by atoms with E-state index in [1.807, 2.05) is 18.3 Å². The normalized spacial score (nSPS) is 13.0. The second-order valence-electron chi connectivity index (χ2n) is 8.59. The molecule has 4 aromatic rings. The van der Waals surface area contributed by atoms with Crippen LogP contribution in [0.2, 0.25) is 18.1 Å². The van der Waals surface area contributed by atoms with Crippen LogP contribution in [-0.4, -0.2) is 23.5 Å². The Kier molecular flexibility index (Phi) is 4.63. The molecule has 6 heteroatoms. The number of nitrogens with zero attached hydrogens (tertiary/aromatic N) is 2. The van der Waals surface area contributed by atoms with E-state index in [0.717, 1.165) is 37.4 Å². The molecule has 0 amide bonds. The minimum Gasteiger partial charge on any atom is -0.543 e. The van der Waals surface area contributed by atoms with E-state index in [1.54, 1.807) is 11.3 Å². The lowest BCUT2D eigenvalue weighted by atomic mass is 10.1.